The first-order valence-electron chi connectivity index (χ1n) is 10.3. The zero-order valence-electron chi connectivity index (χ0n) is 17.4. The van der Waals surface area contributed by atoms with Gasteiger partial charge in [-0.2, -0.15) is 0 Å². The Bertz CT molecular complexity index is 1020. The van der Waals surface area contributed by atoms with Gasteiger partial charge in [0.1, 0.15) is 0 Å². The molecule has 0 unspecified atom stereocenters. The minimum Gasteiger partial charge on any atom is -0.369 e. The summed E-state index contributed by atoms with van der Waals surface area (Å²) in [6, 6.07) is 16.0. The molecule has 2 aromatic carbocycles. The van der Waals surface area contributed by atoms with Crippen molar-refractivity contribution in [3.05, 3.63) is 65.4 Å². The maximum Gasteiger partial charge on any atom is 0.256 e. The lowest BCUT2D eigenvalue weighted by molar-refractivity contribution is 0.102. The average molecular weight is 389 g/mol. The Morgan fingerprint density at radius 3 is 2.41 bits per heavy atom. The van der Waals surface area contributed by atoms with E-state index in [0.717, 1.165) is 66.0 Å². The Morgan fingerprint density at radius 2 is 1.72 bits per heavy atom. The molecule has 3 aromatic rings. The summed E-state index contributed by atoms with van der Waals surface area (Å²) in [5.74, 6) is -0.0804. The summed E-state index contributed by atoms with van der Waals surface area (Å²) in [7, 11) is 2.16. The fourth-order valence-electron chi connectivity index (χ4n) is 4.01. The van der Waals surface area contributed by atoms with Crippen LogP contribution in [0, 0.1) is 6.92 Å². The van der Waals surface area contributed by atoms with Crippen LogP contribution in [0.15, 0.2) is 48.5 Å². The third-order valence-corrected chi connectivity index (χ3v) is 5.79. The number of rotatable bonds is 4. The number of anilines is 2. The van der Waals surface area contributed by atoms with Crippen molar-refractivity contribution in [3.8, 4) is 0 Å². The number of piperazine rings is 1. The minimum absolute atomic E-state index is 0.0804. The van der Waals surface area contributed by atoms with Crippen molar-refractivity contribution in [1.82, 2.24) is 9.88 Å². The van der Waals surface area contributed by atoms with Crippen molar-refractivity contribution in [1.29, 1.82) is 0 Å². The van der Waals surface area contributed by atoms with Crippen LogP contribution in [0.1, 0.15) is 28.5 Å². The van der Waals surface area contributed by atoms with E-state index in [0.29, 0.717) is 0 Å². The third-order valence-electron chi connectivity index (χ3n) is 5.79. The normalized spacial score (nSPS) is 14.9. The predicted molar refractivity (Wildman–Crippen MR) is 120 cm³/mol. The minimum atomic E-state index is -0.0804. The highest BCUT2D eigenvalue weighted by molar-refractivity contribution is 6.13. The molecule has 1 aromatic heterocycles. The van der Waals surface area contributed by atoms with Gasteiger partial charge in [0.05, 0.1) is 11.1 Å². The van der Waals surface area contributed by atoms with Gasteiger partial charge in [-0.3, -0.25) is 9.78 Å². The van der Waals surface area contributed by atoms with E-state index in [9.17, 15) is 4.79 Å². The summed E-state index contributed by atoms with van der Waals surface area (Å²) in [4.78, 5) is 22.6. The molecule has 1 saturated heterocycles. The Morgan fingerprint density at radius 1 is 1.03 bits per heavy atom. The van der Waals surface area contributed by atoms with Gasteiger partial charge in [0.2, 0.25) is 0 Å². The van der Waals surface area contributed by atoms with E-state index in [4.69, 9.17) is 4.98 Å². The number of nitrogens with zero attached hydrogens (tertiary/aromatic N) is 3. The molecule has 4 rings (SSSR count). The van der Waals surface area contributed by atoms with Crippen molar-refractivity contribution in [2.24, 2.45) is 0 Å². The molecule has 29 heavy (non-hydrogen) atoms. The van der Waals surface area contributed by atoms with E-state index in [1.54, 1.807) is 0 Å². The second-order valence-electron chi connectivity index (χ2n) is 7.72. The number of pyridine rings is 1. The Balaban J connectivity index is 1.58. The highest BCUT2D eigenvalue weighted by Crippen LogP contribution is 2.25. The number of hydrogen-bond acceptors (Lipinski definition) is 4. The number of fused-ring (bicyclic) bond motifs is 1. The maximum absolute atomic E-state index is 13.2. The van der Waals surface area contributed by atoms with E-state index in [1.165, 1.54) is 5.69 Å². The molecule has 0 atom stereocenters. The SMILES string of the molecule is CCc1nc2ccccc2c(C(=O)Nc2ccc(N3CCN(C)CC3)cc2)c1C. The van der Waals surface area contributed by atoms with Crippen LogP contribution in [0.4, 0.5) is 11.4 Å². The third kappa shape index (κ3) is 3.96. The fraction of sp³-hybridized carbons (Fsp3) is 0.333. The molecular formula is C24H28N4O. The van der Waals surface area contributed by atoms with Gasteiger partial charge in [0.15, 0.2) is 0 Å². The fourth-order valence-corrected chi connectivity index (χ4v) is 4.01. The second-order valence-corrected chi connectivity index (χ2v) is 7.72. The molecular weight excluding hydrogens is 360 g/mol. The van der Waals surface area contributed by atoms with Gasteiger partial charge in [0, 0.05) is 48.6 Å². The average Bonchev–Trinajstić information content (AvgIpc) is 2.74. The van der Waals surface area contributed by atoms with Gasteiger partial charge in [-0.25, -0.2) is 0 Å². The number of hydrogen-bond donors (Lipinski definition) is 1. The quantitative estimate of drug-likeness (QED) is 0.731. The Kier molecular flexibility index (Phi) is 5.49. The van der Waals surface area contributed by atoms with Gasteiger partial charge in [-0.1, -0.05) is 25.1 Å². The first-order chi connectivity index (χ1) is 14.1. The molecule has 1 aliphatic rings. The van der Waals surface area contributed by atoms with Crippen LogP contribution in [0.2, 0.25) is 0 Å². The number of nitrogens with one attached hydrogen (secondary N) is 1. The van der Waals surface area contributed by atoms with Gasteiger partial charge in [0.25, 0.3) is 5.91 Å². The van der Waals surface area contributed by atoms with Crippen LogP contribution < -0.4 is 10.2 Å². The molecule has 0 saturated carbocycles. The summed E-state index contributed by atoms with van der Waals surface area (Å²) in [5, 5.41) is 3.98. The van der Waals surface area contributed by atoms with Gasteiger partial charge in [-0.05, 0) is 56.3 Å². The van der Waals surface area contributed by atoms with E-state index in [1.807, 2.05) is 43.3 Å². The summed E-state index contributed by atoms with van der Waals surface area (Å²) < 4.78 is 0. The molecule has 1 fully saturated rings. The van der Waals surface area contributed by atoms with E-state index < -0.39 is 0 Å². The van der Waals surface area contributed by atoms with Gasteiger partial charge >= 0.3 is 0 Å². The zero-order valence-corrected chi connectivity index (χ0v) is 17.4. The highest BCUT2D eigenvalue weighted by atomic mass is 16.1. The number of aryl methyl sites for hydroxylation is 1. The molecule has 5 heteroatoms. The lowest BCUT2D eigenvalue weighted by Gasteiger charge is -2.34. The van der Waals surface area contributed by atoms with Crippen molar-refractivity contribution in [2.75, 3.05) is 43.4 Å². The van der Waals surface area contributed by atoms with Crippen LogP contribution in [-0.4, -0.2) is 49.0 Å². The predicted octanol–water partition coefficient (Wildman–Crippen LogP) is 4.11. The van der Waals surface area contributed by atoms with Crippen molar-refractivity contribution >= 4 is 28.2 Å². The van der Waals surface area contributed by atoms with E-state index in [-0.39, 0.29) is 5.91 Å². The molecule has 150 valence electrons. The number of carbonyl (C=O) groups excluding carboxylic acids is 1. The number of para-hydroxylation sites is 1. The van der Waals surface area contributed by atoms with Crippen LogP contribution in [-0.2, 0) is 6.42 Å². The molecule has 1 aliphatic heterocycles. The van der Waals surface area contributed by atoms with Gasteiger partial charge < -0.3 is 15.1 Å². The second kappa shape index (κ2) is 8.21. The molecule has 0 aliphatic carbocycles. The number of aromatic nitrogens is 1. The van der Waals surface area contributed by atoms with Crippen LogP contribution >= 0.6 is 0 Å². The van der Waals surface area contributed by atoms with E-state index in [2.05, 4.69) is 41.2 Å². The van der Waals surface area contributed by atoms with Crippen molar-refractivity contribution in [3.63, 3.8) is 0 Å². The molecule has 1 N–H and O–H groups in total. The molecule has 5 nitrogen and oxygen atoms in total. The number of carbonyl (C=O) groups is 1. The van der Waals surface area contributed by atoms with Crippen LogP contribution in [0.3, 0.4) is 0 Å². The maximum atomic E-state index is 13.2. The number of amides is 1. The van der Waals surface area contributed by atoms with Crippen LogP contribution in [0.5, 0.6) is 0 Å². The Hall–Kier alpha value is -2.92. The first-order valence-corrected chi connectivity index (χ1v) is 10.3. The summed E-state index contributed by atoms with van der Waals surface area (Å²) in [6.45, 7) is 8.28. The Labute approximate surface area is 172 Å². The monoisotopic (exact) mass is 388 g/mol. The van der Waals surface area contributed by atoms with Gasteiger partial charge in [-0.15, -0.1) is 0 Å². The summed E-state index contributed by atoms with van der Waals surface area (Å²) >= 11 is 0. The summed E-state index contributed by atoms with van der Waals surface area (Å²) in [5.41, 5.74) is 5.53. The van der Waals surface area contributed by atoms with Crippen molar-refractivity contribution in [2.45, 2.75) is 20.3 Å². The highest BCUT2D eigenvalue weighted by Gasteiger charge is 2.18. The lowest BCUT2D eigenvalue weighted by atomic mass is 9.99. The topological polar surface area (TPSA) is 48.5 Å². The molecule has 0 bridgehead atoms. The lowest BCUT2D eigenvalue weighted by Crippen LogP contribution is -2.44. The summed E-state index contributed by atoms with van der Waals surface area (Å²) in [6.07, 6.45) is 0.802. The standard InChI is InChI=1S/C24H28N4O/c1-4-21-17(2)23(20-7-5-6-8-22(20)26-21)24(29)25-18-9-11-19(12-10-18)28-15-13-27(3)14-16-28/h5-12H,4,13-16H2,1-3H3,(H,25,29). The molecule has 0 radical (unpaired) electrons. The molecule has 0 spiro atoms. The zero-order chi connectivity index (χ0) is 20.4. The number of likely N-dealkylation sites (N-methyl/N-ethyl adjacent to an activating group) is 1. The first kappa shape index (κ1) is 19.4. The molecule has 1 amide bonds. The molecule has 2 heterocycles. The number of benzene rings is 2. The largest absolute Gasteiger partial charge is 0.369 e. The van der Waals surface area contributed by atoms with Crippen LogP contribution in [0.25, 0.3) is 10.9 Å². The smallest absolute Gasteiger partial charge is 0.256 e. The van der Waals surface area contributed by atoms with Crippen molar-refractivity contribution < 1.29 is 4.79 Å². The van der Waals surface area contributed by atoms with E-state index >= 15 is 0 Å².